The summed E-state index contributed by atoms with van der Waals surface area (Å²) in [5.41, 5.74) is 4.26. The van der Waals surface area contributed by atoms with Crippen LogP contribution in [0.15, 0.2) is 66.7 Å². The van der Waals surface area contributed by atoms with E-state index in [0.717, 1.165) is 16.8 Å². The monoisotopic (exact) mass is 457 g/mol. The van der Waals surface area contributed by atoms with E-state index in [2.05, 4.69) is 10.6 Å². The van der Waals surface area contributed by atoms with Crippen LogP contribution >= 0.6 is 0 Å². The second-order valence-corrected chi connectivity index (χ2v) is 8.36. The number of rotatable bonds is 6. The molecule has 0 bridgehead atoms. The summed E-state index contributed by atoms with van der Waals surface area (Å²) in [6.07, 6.45) is 0.119. The number of amides is 3. The van der Waals surface area contributed by atoms with Gasteiger partial charge in [0, 0.05) is 18.7 Å². The molecule has 1 fully saturated rings. The predicted octanol–water partition coefficient (Wildman–Crippen LogP) is 4.56. The first-order chi connectivity index (χ1) is 16.4. The summed E-state index contributed by atoms with van der Waals surface area (Å²) in [5.74, 6) is -0.741. The van der Waals surface area contributed by atoms with Gasteiger partial charge in [0.2, 0.25) is 11.8 Å². The van der Waals surface area contributed by atoms with Crippen molar-refractivity contribution in [1.29, 1.82) is 0 Å². The van der Waals surface area contributed by atoms with Crippen LogP contribution in [0.2, 0.25) is 0 Å². The number of methoxy groups -OCH3 is 1. The van der Waals surface area contributed by atoms with Crippen LogP contribution in [-0.2, 0) is 9.59 Å². The van der Waals surface area contributed by atoms with Crippen molar-refractivity contribution in [3.63, 3.8) is 0 Å². The van der Waals surface area contributed by atoms with Gasteiger partial charge in [-0.15, -0.1) is 0 Å². The predicted molar refractivity (Wildman–Crippen MR) is 132 cm³/mol. The number of para-hydroxylation sites is 3. The molecule has 7 nitrogen and oxygen atoms in total. The number of carbonyl (C=O) groups is 3. The van der Waals surface area contributed by atoms with Crippen LogP contribution in [0.1, 0.15) is 27.9 Å². The quantitative estimate of drug-likeness (QED) is 0.568. The van der Waals surface area contributed by atoms with Crippen molar-refractivity contribution < 1.29 is 19.1 Å². The second-order valence-electron chi connectivity index (χ2n) is 8.36. The zero-order chi connectivity index (χ0) is 24.2. The van der Waals surface area contributed by atoms with Crippen LogP contribution in [0.25, 0.3) is 0 Å². The van der Waals surface area contributed by atoms with Crippen molar-refractivity contribution in [1.82, 2.24) is 0 Å². The van der Waals surface area contributed by atoms with Gasteiger partial charge in [-0.25, -0.2) is 0 Å². The molecule has 3 amide bonds. The summed E-state index contributed by atoms with van der Waals surface area (Å²) in [4.78, 5) is 40.3. The summed E-state index contributed by atoms with van der Waals surface area (Å²) in [6.45, 7) is 4.31. The van der Waals surface area contributed by atoms with Crippen molar-refractivity contribution in [2.45, 2.75) is 20.3 Å². The van der Waals surface area contributed by atoms with Gasteiger partial charge in [-0.2, -0.15) is 0 Å². The fourth-order valence-electron chi connectivity index (χ4n) is 3.99. The Balaban J connectivity index is 1.48. The minimum atomic E-state index is -0.514. The van der Waals surface area contributed by atoms with Gasteiger partial charge in [0.15, 0.2) is 0 Å². The average molecular weight is 458 g/mol. The SMILES string of the molecule is COc1ccccc1NC(=O)c1ccccc1NC(=O)C1CC(=O)N(c2ccc(C)c(C)c2)C1. The number of anilines is 3. The Kier molecular flexibility index (Phi) is 6.63. The topological polar surface area (TPSA) is 87.7 Å². The van der Waals surface area contributed by atoms with E-state index >= 15 is 0 Å². The molecule has 34 heavy (non-hydrogen) atoms. The summed E-state index contributed by atoms with van der Waals surface area (Å²) in [5, 5.41) is 5.68. The second kappa shape index (κ2) is 9.79. The zero-order valence-electron chi connectivity index (χ0n) is 19.4. The smallest absolute Gasteiger partial charge is 0.257 e. The number of benzene rings is 3. The molecule has 174 valence electrons. The number of nitrogens with one attached hydrogen (secondary N) is 2. The summed E-state index contributed by atoms with van der Waals surface area (Å²) in [6, 6.07) is 19.7. The number of carbonyl (C=O) groups excluding carboxylic acids is 3. The van der Waals surface area contributed by atoms with Crippen LogP contribution < -0.4 is 20.3 Å². The molecule has 0 aromatic heterocycles. The van der Waals surface area contributed by atoms with E-state index in [1.165, 1.54) is 7.11 Å². The zero-order valence-corrected chi connectivity index (χ0v) is 19.4. The van der Waals surface area contributed by atoms with Gasteiger partial charge < -0.3 is 20.3 Å². The van der Waals surface area contributed by atoms with Crippen LogP contribution in [0.5, 0.6) is 5.75 Å². The summed E-state index contributed by atoms with van der Waals surface area (Å²) in [7, 11) is 1.53. The number of ether oxygens (including phenoxy) is 1. The molecule has 4 rings (SSSR count). The lowest BCUT2D eigenvalue weighted by Gasteiger charge is -2.18. The Morgan fingerprint density at radius 1 is 0.912 bits per heavy atom. The molecular formula is C27H27N3O4. The number of aryl methyl sites for hydroxylation is 2. The van der Waals surface area contributed by atoms with Crippen LogP contribution in [0.3, 0.4) is 0 Å². The molecule has 2 N–H and O–H groups in total. The van der Waals surface area contributed by atoms with Crippen molar-refractivity contribution in [2.75, 3.05) is 29.2 Å². The standard InChI is InChI=1S/C27H27N3O4/c1-17-12-13-20(14-18(17)2)30-16-19(15-25(30)31)26(32)28-22-9-5-4-8-21(22)27(33)29-23-10-6-7-11-24(23)34-3/h4-14,19H,15-16H2,1-3H3,(H,28,32)(H,29,33). The maximum atomic E-state index is 13.1. The lowest BCUT2D eigenvalue weighted by molar-refractivity contribution is -0.122. The Bertz CT molecular complexity index is 1250. The van der Waals surface area contributed by atoms with Gasteiger partial charge in [-0.05, 0) is 61.4 Å². The van der Waals surface area contributed by atoms with E-state index in [0.29, 0.717) is 29.2 Å². The highest BCUT2D eigenvalue weighted by Gasteiger charge is 2.35. The van der Waals surface area contributed by atoms with Crippen molar-refractivity contribution in [2.24, 2.45) is 5.92 Å². The van der Waals surface area contributed by atoms with Gasteiger partial charge in [0.1, 0.15) is 5.75 Å². The Morgan fingerprint density at radius 2 is 1.62 bits per heavy atom. The molecule has 0 saturated carbocycles. The molecule has 1 unspecified atom stereocenters. The first-order valence-corrected chi connectivity index (χ1v) is 11.1. The first-order valence-electron chi connectivity index (χ1n) is 11.1. The van der Waals surface area contributed by atoms with Gasteiger partial charge in [0.25, 0.3) is 5.91 Å². The third-order valence-corrected chi connectivity index (χ3v) is 6.08. The first kappa shape index (κ1) is 23.0. The number of hydrogen-bond donors (Lipinski definition) is 2. The molecule has 3 aromatic carbocycles. The van der Waals surface area contributed by atoms with Crippen LogP contribution in [0.4, 0.5) is 17.1 Å². The van der Waals surface area contributed by atoms with Crippen LogP contribution in [0, 0.1) is 19.8 Å². The molecule has 0 radical (unpaired) electrons. The highest BCUT2D eigenvalue weighted by Crippen LogP contribution is 2.29. The minimum Gasteiger partial charge on any atom is -0.495 e. The van der Waals surface area contributed by atoms with E-state index in [4.69, 9.17) is 4.74 Å². The molecular weight excluding hydrogens is 430 g/mol. The highest BCUT2D eigenvalue weighted by atomic mass is 16.5. The van der Waals surface area contributed by atoms with Crippen LogP contribution in [-0.4, -0.2) is 31.4 Å². The largest absolute Gasteiger partial charge is 0.495 e. The van der Waals surface area contributed by atoms with E-state index in [-0.39, 0.29) is 24.1 Å². The Labute approximate surface area is 198 Å². The fourth-order valence-corrected chi connectivity index (χ4v) is 3.99. The molecule has 1 saturated heterocycles. The van der Waals surface area contributed by atoms with E-state index < -0.39 is 5.92 Å². The lowest BCUT2D eigenvalue weighted by atomic mass is 10.1. The summed E-state index contributed by atoms with van der Waals surface area (Å²) < 4.78 is 5.29. The normalized spacial score (nSPS) is 15.2. The lowest BCUT2D eigenvalue weighted by Crippen LogP contribution is -2.28. The van der Waals surface area contributed by atoms with Gasteiger partial charge >= 0.3 is 0 Å². The highest BCUT2D eigenvalue weighted by molar-refractivity contribution is 6.11. The van der Waals surface area contributed by atoms with E-state index in [9.17, 15) is 14.4 Å². The molecule has 7 heteroatoms. The maximum Gasteiger partial charge on any atom is 0.257 e. The van der Waals surface area contributed by atoms with Crippen molar-refractivity contribution >= 4 is 34.8 Å². The molecule has 1 aliphatic heterocycles. The molecule has 1 heterocycles. The Hall–Kier alpha value is -4.13. The van der Waals surface area contributed by atoms with E-state index in [1.54, 1.807) is 47.4 Å². The molecule has 0 aliphatic carbocycles. The van der Waals surface area contributed by atoms with Crippen molar-refractivity contribution in [3.8, 4) is 5.75 Å². The molecule has 1 aliphatic rings. The van der Waals surface area contributed by atoms with Gasteiger partial charge in [0.05, 0.1) is 30.0 Å². The molecule has 1 atom stereocenters. The third-order valence-electron chi connectivity index (χ3n) is 6.08. The number of nitrogens with zero attached hydrogens (tertiary/aromatic N) is 1. The third kappa shape index (κ3) is 4.78. The molecule has 3 aromatic rings. The van der Waals surface area contributed by atoms with Crippen molar-refractivity contribution in [3.05, 3.63) is 83.4 Å². The average Bonchev–Trinajstić information content (AvgIpc) is 3.23. The molecule has 0 spiro atoms. The summed E-state index contributed by atoms with van der Waals surface area (Å²) >= 11 is 0. The fraction of sp³-hybridized carbons (Fsp3) is 0.222. The van der Waals surface area contributed by atoms with Gasteiger partial charge in [-0.1, -0.05) is 30.3 Å². The number of hydrogen-bond acceptors (Lipinski definition) is 4. The van der Waals surface area contributed by atoms with E-state index in [1.807, 2.05) is 38.1 Å². The van der Waals surface area contributed by atoms with Gasteiger partial charge in [-0.3, -0.25) is 14.4 Å². The Morgan fingerprint density at radius 3 is 2.35 bits per heavy atom. The maximum absolute atomic E-state index is 13.1. The minimum absolute atomic E-state index is 0.0920.